The molecule has 0 radical (unpaired) electrons. The largest absolute Gasteiger partial charge is 0.456 e. The van der Waals surface area contributed by atoms with Crippen molar-refractivity contribution in [1.82, 2.24) is 10.2 Å². The second-order valence-corrected chi connectivity index (χ2v) is 7.01. The van der Waals surface area contributed by atoms with Crippen molar-refractivity contribution in [2.24, 2.45) is 0 Å². The third-order valence-corrected chi connectivity index (χ3v) is 5.06. The van der Waals surface area contributed by atoms with Gasteiger partial charge in [0.15, 0.2) is 0 Å². The smallest absolute Gasteiger partial charge is 0.338 e. The molecule has 2 heterocycles. The first-order chi connectivity index (χ1) is 14.3. The topological polar surface area (TPSA) is 87.7 Å². The molecule has 30 heavy (non-hydrogen) atoms. The van der Waals surface area contributed by atoms with Crippen molar-refractivity contribution >= 4 is 35.2 Å². The van der Waals surface area contributed by atoms with Crippen LogP contribution in [-0.4, -0.2) is 36.0 Å². The lowest BCUT2D eigenvalue weighted by Gasteiger charge is -2.32. The van der Waals surface area contributed by atoms with Crippen molar-refractivity contribution in [3.05, 3.63) is 76.0 Å². The molecule has 0 saturated carbocycles. The highest BCUT2D eigenvalue weighted by Crippen LogP contribution is 2.37. The maximum absolute atomic E-state index is 13.8. The van der Waals surface area contributed by atoms with Crippen molar-refractivity contribution in [3.8, 4) is 0 Å². The predicted molar refractivity (Wildman–Crippen MR) is 102 cm³/mol. The highest BCUT2D eigenvalue weighted by atomic mass is 35.5. The minimum Gasteiger partial charge on any atom is -0.456 e. The number of benzene rings is 2. The normalized spacial score (nSPS) is 18.1. The minimum absolute atomic E-state index is 0.160. The first-order valence-electron chi connectivity index (χ1n) is 8.82. The molecule has 0 aliphatic carbocycles. The van der Waals surface area contributed by atoms with Crippen LogP contribution >= 0.6 is 11.6 Å². The summed E-state index contributed by atoms with van der Waals surface area (Å²) < 4.78 is 32.2. The van der Waals surface area contributed by atoms with E-state index in [1.165, 1.54) is 0 Å². The predicted octanol–water partition coefficient (Wildman–Crippen LogP) is 3.13. The van der Waals surface area contributed by atoms with E-state index in [0.29, 0.717) is 10.6 Å². The van der Waals surface area contributed by atoms with E-state index in [9.17, 15) is 23.2 Å². The molecular formula is C20H14ClF2N3O4. The van der Waals surface area contributed by atoms with Crippen LogP contribution in [0.1, 0.15) is 11.6 Å². The van der Waals surface area contributed by atoms with Crippen LogP contribution in [0, 0.1) is 11.6 Å². The molecule has 2 N–H and O–H groups in total. The lowest BCUT2D eigenvalue weighted by Crippen LogP contribution is -2.49. The first kappa shape index (κ1) is 19.8. The average Bonchev–Trinajstić information content (AvgIpc) is 3.09. The lowest BCUT2D eigenvalue weighted by atomic mass is 9.95. The van der Waals surface area contributed by atoms with Gasteiger partial charge in [0, 0.05) is 11.1 Å². The number of hydrogen-bond donors (Lipinski definition) is 2. The van der Waals surface area contributed by atoms with Crippen LogP contribution in [0.5, 0.6) is 0 Å². The van der Waals surface area contributed by atoms with Gasteiger partial charge in [-0.2, -0.15) is 0 Å². The Kier molecular flexibility index (Phi) is 5.13. The van der Waals surface area contributed by atoms with E-state index in [2.05, 4.69) is 10.6 Å². The van der Waals surface area contributed by atoms with Crippen molar-refractivity contribution in [1.29, 1.82) is 0 Å². The van der Waals surface area contributed by atoms with Crippen molar-refractivity contribution in [2.75, 3.05) is 18.5 Å². The first-order valence-corrected chi connectivity index (χ1v) is 9.20. The zero-order valence-electron chi connectivity index (χ0n) is 15.2. The van der Waals surface area contributed by atoms with Crippen LogP contribution in [0.4, 0.5) is 19.3 Å². The summed E-state index contributed by atoms with van der Waals surface area (Å²) in [5.41, 5.74) is 0.514. The van der Waals surface area contributed by atoms with E-state index in [-0.39, 0.29) is 23.6 Å². The lowest BCUT2D eigenvalue weighted by molar-refractivity contribution is -0.136. The minimum atomic E-state index is -0.837. The molecule has 2 aliphatic rings. The standard InChI is InChI=1S/C20H14ClF2N3O4/c21-12-4-2-1-3-11(12)18-17-15(9-30-19(17)28)26(20(29)25-18)8-16(27)24-14-7-10(22)5-6-13(14)23/h1-7,18H,8-9H2,(H,24,27)(H,25,29). The number of rotatable bonds is 4. The Morgan fingerprint density at radius 1 is 1.23 bits per heavy atom. The number of hydrogen-bond acceptors (Lipinski definition) is 4. The van der Waals surface area contributed by atoms with E-state index >= 15 is 0 Å². The Balaban J connectivity index is 1.62. The van der Waals surface area contributed by atoms with Gasteiger partial charge in [-0.3, -0.25) is 9.69 Å². The van der Waals surface area contributed by atoms with Crippen LogP contribution in [-0.2, 0) is 14.3 Å². The number of carbonyl (C=O) groups excluding carboxylic acids is 3. The van der Waals surface area contributed by atoms with Gasteiger partial charge in [0.1, 0.15) is 24.8 Å². The van der Waals surface area contributed by atoms with Crippen LogP contribution in [0.2, 0.25) is 5.02 Å². The van der Waals surface area contributed by atoms with Gasteiger partial charge in [-0.05, 0) is 23.8 Å². The molecule has 0 bridgehead atoms. The fraction of sp³-hybridized carbons (Fsp3) is 0.150. The molecule has 1 unspecified atom stereocenters. The van der Waals surface area contributed by atoms with Gasteiger partial charge in [0.05, 0.1) is 23.0 Å². The number of nitrogens with zero attached hydrogens (tertiary/aromatic N) is 1. The summed E-state index contributed by atoms with van der Waals surface area (Å²) in [4.78, 5) is 38.4. The maximum atomic E-state index is 13.8. The van der Waals surface area contributed by atoms with Crippen LogP contribution in [0.15, 0.2) is 53.7 Å². The molecule has 2 aromatic carbocycles. The number of anilines is 1. The Hall–Kier alpha value is -3.46. The van der Waals surface area contributed by atoms with Crippen molar-refractivity contribution in [2.45, 2.75) is 6.04 Å². The van der Waals surface area contributed by atoms with Gasteiger partial charge < -0.3 is 15.4 Å². The summed E-state index contributed by atoms with van der Waals surface area (Å²) >= 11 is 6.21. The number of halogens is 3. The van der Waals surface area contributed by atoms with Gasteiger partial charge in [0.25, 0.3) is 0 Å². The Bertz CT molecular complexity index is 1110. The molecule has 10 heteroatoms. The highest BCUT2D eigenvalue weighted by Gasteiger charge is 2.43. The fourth-order valence-corrected chi connectivity index (χ4v) is 3.59. The number of urea groups is 1. The van der Waals surface area contributed by atoms with E-state index in [4.69, 9.17) is 16.3 Å². The number of carbonyl (C=O) groups is 3. The summed E-state index contributed by atoms with van der Waals surface area (Å²) in [6.45, 7) is -0.739. The molecule has 3 amide bonds. The van der Waals surface area contributed by atoms with Crippen LogP contribution < -0.4 is 10.6 Å². The van der Waals surface area contributed by atoms with Crippen LogP contribution in [0.25, 0.3) is 0 Å². The van der Waals surface area contributed by atoms with E-state index in [0.717, 1.165) is 23.1 Å². The highest BCUT2D eigenvalue weighted by molar-refractivity contribution is 6.31. The molecule has 2 aliphatic heterocycles. The Morgan fingerprint density at radius 2 is 2.00 bits per heavy atom. The van der Waals surface area contributed by atoms with E-state index in [1.54, 1.807) is 24.3 Å². The van der Waals surface area contributed by atoms with Gasteiger partial charge >= 0.3 is 12.0 Å². The molecule has 0 fully saturated rings. The van der Waals surface area contributed by atoms with Gasteiger partial charge in [0.2, 0.25) is 5.91 Å². The summed E-state index contributed by atoms with van der Waals surface area (Å²) in [6, 6.07) is 7.82. The summed E-state index contributed by atoms with van der Waals surface area (Å²) in [5, 5.41) is 5.21. The van der Waals surface area contributed by atoms with Gasteiger partial charge in [-0.15, -0.1) is 0 Å². The zero-order valence-corrected chi connectivity index (χ0v) is 16.0. The number of amides is 3. The van der Waals surface area contributed by atoms with E-state index in [1.807, 2.05) is 0 Å². The molecule has 2 aromatic rings. The molecule has 0 aromatic heterocycles. The van der Waals surface area contributed by atoms with Gasteiger partial charge in [-0.1, -0.05) is 29.8 Å². The molecule has 0 saturated heterocycles. The summed E-state index contributed by atoms with van der Waals surface area (Å²) in [5.74, 6) is -2.98. The third kappa shape index (κ3) is 3.59. The number of ether oxygens (including phenoxy) is 1. The van der Waals surface area contributed by atoms with Crippen LogP contribution in [0.3, 0.4) is 0 Å². The average molecular weight is 434 g/mol. The molecule has 1 atom stereocenters. The summed E-state index contributed by atoms with van der Waals surface area (Å²) in [7, 11) is 0. The van der Waals surface area contributed by atoms with Gasteiger partial charge in [-0.25, -0.2) is 18.4 Å². The number of cyclic esters (lactones) is 1. The Morgan fingerprint density at radius 3 is 2.77 bits per heavy atom. The molecule has 7 nitrogen and oxygen atoms in total. The molecule has 154 valence electrons. The Labute approximate surface area is 174 Å². The summed E-state index contributed by atoms with van der Waals surface area (Å²) in [6.07, 6.45) is 0. The quantitative estimate of drug-likeness (QED) is 0.725. The fourth-order valence-electron chi connectivity index (χ4n) is 3.35. The second kappa shape index (κ2) is 7.75. The van der Waals surface area contributed by atoms with E-state index < -0.39 is 42.1 Å². The monoisotopic (exact) mass is 433 g/mol. The molecule has 0 spiro atoms. The molecular weight excluding hydrogens is 420 g/mol. The molecule has 4 rings (SSSR count). The maximum Gasteiger partial charge on any atom is 0.338 e. The second-order valence-electron chi connectivity index (χ2n) is 6.60. The SMILES string of the molecule is O=C(CN1C(=O)NC(c2ccccc2Cl)C2=C1COC2=O)Nc1cc(F)ccc1F. The number of nitrogens with one attached hydrogen (secondary N) is 2. The van der Waals surface area contributed by atoms with Crippen molar-refractivity contribution in [3.63, 3.8) is 0 Å². The third-order valence-electron chi connectivity index (χ3n) is 4.72. The zero-order chi connectivity index (χ0) is 21.4. The number of esters is 1. The van der Waals surface area contributed by atoms with Crippen molar-refractivity contribution < 1.29 is 27.9 Å².